The van der Waals surface area contributed by atoms with Crippen LogP contribution in [0.4, 0.5) is 11.8 Å². The Morgan fingerprint density at radius 3 is 2.81 bits per heavy atom. The number of nitrogens with one attached hydrogen (secondary N) is 1. The Bertz CT molecular complexity index is 783. The number of halogens is 1. The molecule has 3 heterocycles. The molecule has 6 nitrogen and oxygen atoms in total. The van der Waals surface area contributed by atoms with Gasteiger partial charge >= 0.3 is 0 Å². The number of aryl methyl sites for hydroxylation is 2. The van der Waals surface area contributed by atoms with Gasteiger partial charge in [-0.05, 0) is 18.6 Å². The summed E-state index contributed by atoms with van der Waals surface area (Å²) in [6.45, 7) is 1.97. The predicted octanol–water partition coefficient (Wildman–Crippen LogP) is 2.98. The van der Waals surface area contributed by atoms with Crippen molar-refractivity contribution in [1.82, 2.24) is 24.7 Å². The standard InChI is InChI=1S/C14H13ClN6/c1-9-4-3-5-16-13(9)20-14-17-7-11(15)12(19-14)10-6-18-21(2)8-10/h3-8H,1-2H3,(H,16,17,19,20). The number of anilines is 2. The van der Waals surface area contributed by atoms with Crippen LogP contribution in [0.3, 0.4) is 0 Å². The van der Waals surface area contributed by atoms with Crippen molar-refractivity contribution in [2.75, 3.05) is 5.32 Å². The van der Waals surface area contributed by atoms with Gasteiger partial charge in [-0.15, -0.1) is 0 Å². The van der Waals surface area contributed by atoms with Crippen LogP contribution < -0.4 is 5.32 Å². The second-order valence-electron chi connectivity index (χ2n) is 4.59. The number of aromatic nitrogens is 5. The molecule has 1 N–H and O–H groups in total. The first kappa shape index (κ1) is 13.5. The van der Waals surface area contributed by atoms with Crippen LogP contribution in [0.2, 0.25) is 5.02 Å². The number of nitrogens with zero attached hydrogens (tertiary/aromatic N) is 5. The minimum atomic E-state index is 0.444. The van der Waals surface area contributed by atoms with Gasteiger partial charge in [-0.2, -0.15) is 5.10 Å². The predicted molar refractivity (Wildman–Crippen MR) is 81.5 cm³/mol. The molecular weight excluding hydrogens is 288 g/mol. The average Bonchev–Trinajstić information content (AvgIpc) is 2.90. The van der Waals surface area contributed by atoms with Gasteiger partial charge in [0.15, 0.2) is 0 Å². The van der Waals surface area contributed by atoms with E-state index >= 15 is 0 Å². The van der Waals surface area contributed by atoms with Crippen molar-refractivity contribution in [1.29, 1.82) is 0 Å². The molecule has 0 aliphatic carbocycles. The van der Waals surface area contributed by atoms with Gasteiger partial charge in [0.05, 0.1) is 23.1 Å². The number of pyridine rings is 1. The first-order valence-corrected chi connectivity index (χ1v) is 6.71. The lowest BCUT2D eigenvalue weighted by Gasteiger charge is -2.08. The van der Waals surface area contributed by atoms with Crippen LogP contribution in [0.1, 0.15) is 5.56 Å². The lowest BCUT2D eigenvalue weighted by atomic mass is 10.2. The Labute approximate surface area is 126 Å². The lowest BCUT2D eigenvalue weighted by Crippen LogP contribution is -2.01. The molecule has 0 spiro atoms. The van der Waals surface area contributed by atoms with E-state index in [4.69, 9.17) is 11.6 Å². The molecule has 7 heteroatoms. The van der Waals surface area contributed by atoms with Crippen LogP contribution in [0.5, 0.6) is 0 Å². The molecule has 0 atom stereocenters. The molecule has 21 heavy (non-hydrogen) atoms. The second kappa shape index (κ2) is 5.49. The summed E-state index contributed by atoms with van der Waals surface area (Å²) in [6.07, 6.45) is 6.85. The molecule has 3 aromatic rings. The van der Waals surface area contributed by atoms with Gasteiger partial charge in [0.2, 0.25) is 5.95 Å². The summed E-state index contributed by atoms with van der Waals surface area (Å²) in [4.78, 5) is 12.9. The fourth-order valence-electron chi connectivity index (χ4n) is 1.90. The highest BCUT2D eigenvalue weighted by atomic mass is 35.5. The Hall–Kier alpha value is -2.47. The summed E-state index contributed by atoms with van der Waals surface area (Å²) in [5.74, 6) is 1.16. The average molecular weight is 301 g/mol. The SMILES string of the molecule is Cc1cccnc1Nc1ncc(Cl)c(-c2cnn(C)c2)n1. The van der Waals surface area contributed by atoms with E-state index in [2.05, 4.69) is 25.4 Å². The van der Waals surface area contributed by atoms with E-state index < -0.39 is 0 Å². The van der Waals surface area contributed by atoms with E-state index in [-0.39, 0.29) is 0 Å². The van der Waals surface area contributed by atoms with Crippen molar-refractivity contribution in [3.8, 4) is 11.3 Å². The highest BCUT2D eigenvalue weighted by molar-refractivity contribution is 6.32. The molecule has 0 fully saturated rings. The zero-order valence-electron chi connectivity index (χ0n) is 11.6. The van der Waals surface area contributed by atoms with Crippen molar-refractivity contribution in [3.05, 3.63) is 47.5 Å². The van der Waals surface area contributed by atoms with Crippen molar-refractivity contribution >= 4 is 23.4 Å². The minimum Gasteiger partial charge on any atom is -0.309 e. The first-order chi connectivity index (χ1) is 10.1. The van der Waals surface area contributed by atoms with Gasteiger partial charge in [0.25, 0.3) is 0 Å². The number of hydrogen-bond acceptors (Lipinski definition) is 5. The molecule has 0 aliphatic heterocycles. The highest BCUT2D eigenvalue weighted by Crippen LogP contribution is 2.26. The normalized spacial score (nSPS) is 10.6. The molecule has 3 rings (SSSR count). The maximum atomic E-state index is 6.17. The zero-order chi connectivity index (χ0) is 14.8. The van der Waals surface area contributed by atoms with Crippen LogP contribution >= 0.6 is 11.6 Å². The Morgan fingerprint density at radius 1 is 1.24 bits per heavy atom. The summed E-state index contributed by atoms with van der Waals surface area (Å²) < 4.78 is 1.70. The van der Waals surface area contributed by atoms with E-state index in [1.807, 2.05) is 32.3 Å². The van der Waals surface area contributed by atoms with Crippen molar-refractivity contribution < 1.29 is 0 Å². The van der Waals surface area contributed by atoms with E-state index in [9.17, 15) is 0 Å². The van der Waals surface area contributed by atoms with Crippen molar-refractivity contribution in [3.63, 3.8) is 0 Å². The Kier molecular flexibility index (Phi) is 3.53. The van der Waals surface area contributed by atoms with E-state index in [0.29, 0.717) is 16.7 Å². The van der Waals surface area contributed by atoms with Gasteiger partial charge in [-0.25, -0.2) is 15.0 Å². The summed E-state index contributed by atoms with van der Waals surface area (Å²) in [7, 11) is 1.84. The molecule has 0 radical (unpaired) electrons. The summed E-state index contributed by atoms with van der Waals surface area (Å²) >= 11 is 6.17. The lowest BCUT2D eigenvalue weighted by molar-refractivity contribution is 0.768. The van der Waals surface area contributed by atoms with E-state index in [1.165, 1.54) is 0 Å². The summed E-state index contributed by atoms with van der Waals surface area (Å²) in [5.41, 5.74) is 2.49. The van der Waals surface area contributed by atoms with Gasteiger partial charge in [-0.1, -0.05) is 17.7 Å². The Morgan fingerprint density at radius 2 is 2.10 bits per heavy atom. The molecule has 0 unspecified atom stereocenters. The number of rotatable bonds is 3. The number of hydrogen-bond donors (Lipinski definition) is 1. The fourth-order valence-corrected chi connectivity index (χ4v) is 2.10. The van der Waals surface area contributed by atoms with E-state index in [1.54, 1.807) is 23.3 Å². The maximum Gasteiger partial charge on any atom is 0.229 e. The van der Waals surface area contributed by atoms with Crippen LogP contribution in [-0.2, 0) is 7.05 Å². The van der Waals surface area contributed by atoms with Gasteiger partial charge in [0, 0.05) is 25.0 Å². The van der Waals surface area contributed by atoms with Crippen molar-refractivity contribution in [2.45, 2.75) is 6.92 Å². The molecule has 0 aromatic carbocycles. The van der Waals surface area contributed by atoms with Crippen LogP contribution in [0.25, 0.3) is 11.3 Å². The van der Waals surface area contributed by atoms with Crippen LogP contribution in [0, 0.1) is 6.92 Å². The Balaban J connectivity index is 1.96. The third-order valence-electron chi connectivity index (χ3n) is 2.96. The molecule has 0 saturated heterocycles. The molecule has 106 valence electrons. The highest BCUT2D eigenvalue weighted by Gasteiger charge is 2.10. The smallest absolute Gasteiger partial charge is 0.229 e. The monoisotopic (exact) mass is 300 g/mol. The zero-order valence-corrected chi connectivity index (χ0v) is 12.3. The molecule has 0 bridgehead atoms. The first-order valence-electron chi connectivity index (χ1n) is 6.33. The largest absolute Gasteiger partial charge is 0.309 e. The third kappa shape index (κ3) is 2.85. The van der Waals surface area contributed by atoms with Gasteiger partial charge < -0.3 is 5.32 Å². The fraction of sp³-hybridized carbons (Fsp3) is 0.143. The summed E-state index contributed by atoms with van der Waals surface area (Å²) in [5, 5.41) is 7.70. The third-order valence-corrected chi connectivity index (χ3v) is 3.24. The quantitative estimate of drug-likeness (QED) is 0.805. The molecule has 0 aliphatic rings. The molecule has 0 amide bonds. The van der Waals surface area contributed by atoms with Crippen LogP contribution in [-0.4, -0.2) is 24.7 Å². The maximum absolute atomic E-state index is 6.17. The second-order valence-corrected chi connectivity index (χ2v) is 4.99. The van der Waals surface area contributed by atoms with E-state index in [0.717, 1.165) is 16.9 Å². The topological polar surface area (TPSA) is 68.5 Å². The minimum absolute atomic E-state index is 0.444. The van der Waals surface area contributed by atoms with Gasteiger partial charge in [-0.3, -0.25) is 4.68 Å². The molecule has 3 aromatic heterocycles. The summed E-state index contributed by atoms with van der Waals surface area (Å²) in [6, 6.07) is 3.84. The van der Waals surface area contributed by atoms with Gasteiger partial charge in [0.1, 0.15) is 5.82 Å². The molecular formula is C14H13ClN6. The molecule has 0 saturated carbocycles. The van der Waals surface area contributed by atoms with Crippen molar-refractivity contribution in [2.24, 2.45) is 7.05 Å². The van der Waals surface area contributed by atoms with Crippen LogP contribution in [0.15, 0.2) is 36.9 Å².